The first-order valence-electron chi connectivity index (χ1n) is 8.34. The zero-order valence-electron chi connectivity index (χ0n) is 14.0. The SMILES string of the molecule is CNC1CCCN(CC(=O)Nc2ccc3c(c2)OCCCO3)C1.Cl. The Hall–Kier alpha value is -1.50. The number of amides is 1. The molecular formula is C17H26ClN3O3. The Kier molecular flexibility index (Phi) is 7.15. The van der Waals surface area contributed by atoms with Gasteiger partial charge in [0.2, 0.25) is 5.91 Å². The zero-order chi connectivity index (χ0) is 16.1. The van der Waals surface area contributed by atoms with Crippen LogP contribution in [0.25, 0.3) is 0 Å². The predicted molar refractivity (Wildman–Crippen MR) is 96.4 cm³/mol. The van der Waals surface area contributed by atoms with Crippen molar-refractivity contribution in [2.24, 2.45) is 0 Å². The molecule has 0 saturated carbocycles. The third-order valence-electron chi connectivity index (χ3n) is 4.31. The first kappa shape index (κ1) is 18.8. The molecule has 0 aliphatic carbocycles. The number of hydrogen-bond donors (Lipinski definition) is 2. The monoisotopic (exact) mass is 355 g/mol. The summed E-state index contributed by atoms with van der Waals surface area (Å²) < 4.78 is 11.3. The number of anilines is 1. The van der Waals surface area contributed by atoms with Crippen LogP contribution in [0, 0.1) is 0 Å². The van der Waals surface area contributed by atoms with E-state index >= 15 is 0 Å². The second kappa shape index (κ2) is 9.11. The highest BCUT2D eigenvalue weighted by atomic mass is 35.5. The molecule has 3 rings (SSSR count). The van der Waals surface area contributed by atoms with Crippen molar-refractivity contribution in [3.8, 4) is 11.5 Å². The summed E-state index contributed by atoms with van der Waals surface area (Å²) in [6, 6.07) is 6.03. The molecule has 0 aromatic heterocycles. The summed E-state index contributed by atoms with van der Waals surface area (Å²) in [5.41, 5.74) is 0.751. The Morgan fingerprint density at radius 2 is 2.04 bits per heavy atom. The Balaban J connectivity index is 0.00000208. The largest absolute Gasteiger partial charge is 0.490 e. The number of nitrogens with zero attached hydrogens (tertiary/aromatic N) is 1. The summed E-state index contributed by atoms with van der Waals surface area (Å²) in [7, 11) is 1.98. The van der Waals surface area contributed by atoms with E-state index in [-0.39, 0.29) is 18.3 Å². The van der Waals surface area contributed by atoms with Gasteiger partial charge in [-0.2, -0.15) is 0 Å². The van der Waals surface area contributed by atoms with Crippen LogP contribution in [-0.2, 0) is 4.79 Å². The number of likely N-dealkylation sites (N-methyl/N-ethyl adjacent to an activating group) is 1. The molecule has 1 unspecified atom stereocenters. The van der Waals surface area contributed by atoms with Gasteiger partial charge in [-0.3, -0.25) is 9.69 Å². The van der Waals surface area contributed by atoms with Crippen molar-refractivity contribution < 1.29 is 14.3 Å². The number of nitrogens with one attached hydrogen (secondary N) is 2. The third kappa shape index (κ3) is 5.00. The Labute approximate surface area is 149 Å². The van der Waals surface area contributed by atoms with Crippen molar-refractivity contribution >= 4 is 24.0 Å². The number of rotatable bonds is 4. The molecule has 2 aliphatic heterocycles. The van der Waals surface area contributed by atoms with Crippen LogP contribution in [0.4, 0.5) is 5.69 Å². The van der Waals surface area contributed by atoms with Crippen molar-refractivity contribution in [2.75, 3.05) is 45.2 Å². The number of piperidine rings is 1. The first-order chi connectivity index (χ1) is 11.2. The van der Waals surface area contributed by atoms with Crippen molar-refractivity contribution in [2.45, 2.75) is 25.3 Å². The molecule has 0 spiro atoms. The zero-order valence-corrected chi connectivity index (χ0v) is 14.9. The number of likely N-dealkylation sites (tertiary alicyclic amines) is 1. The lowest BCUT2D eigenvalue weighted by atomic mass is 10.1. The minimum absolute atomic E-state index is 0. The Morgan fingerprint density at radius 3 is 2.83 bits per heavy atom. The van der Waals surface area contributed by atoms with Gasteiger partial charge in [-0.1, -0.05) is 0 Å². The van der Waals surface area contributed by atoms with Crippen LogP contribution in [0.2, 0.25) is 0 Å². The fraction of sp³-hybridized carbons (Fsp3) is 0.588. The van der Waals surface area contributed by atoms with Gasteiger partial charge in [-0.15, -0.1) is 12.4 Å². The van der Waals surface area contributed by atoms with Crippen LogP contribution in [0.1, 0.15) is 19.3 Å². The lowest BCUT2D eigenvalue weighted by Crippen LogP contribution is -2.46. The van der Waals surface area contributed by atoms with Gasteiger partial charge in [0.25, 0.3) is 0 Å². The van der Waals surface area contributed by atoms with Gasteiger partial charge in [-0.05, 0) is 38.6 Å². The molecule has 1 aromatic carbocycles. The number of fused-ring (bicyclic) bond motifs is 1. The number of carbonyl (C=O) groups is 1. The van der Waals surface area contributed by atoms with E-state index in [9.17, 15) is 4.79 Å². The molecule has 1 amide bonds. The maximum Gasteiger partial charge on any atom is 0.238 e. The molecule has 24 heavy (non-hydrogen) atoms. The van der Waals surface area contributed by atoms with Crippen LogP contribution in [0.5, 0.6) is 11.5 Å². The first-order valence-corrected chi connectivity index (χ1v) is 8.34. The van der Waals surface area contributed by atoms with Gasteiger partial charge in [0.05, 0.1) is 19.8 Å². The molecule has 2 N–H and O–H groups in total. The topological polar surface area (TPSA) is 62.8 Å². The highest BCUT2D eigenvalue weighted by Gasteiger charge is 2.20. The second-order valence-corrected chi connectivity index (χ2v) is 6.12. The minimum Gasteiger partial charge on any atom is -0.490 e. The van der Waals surface area contributed by atoms with E-state index in [0.717, 1.165) is 37.4 Å². The van der Waals surface area contributed by atoms with E-state index in [4.69, 9.17) is 9.47 Å². The van der Waals surface area contributed by atoms with Crippen LogP contribution in [-0.4, -0.2) is 56.7 Å². The summed E-state index contributed by atoms with van der Waals surface area (Å²) in [5, 5.41) is 6.25. The Bertz CT molecular complexity index is 556. The van der Waals surface area contributed by atoms with Crippen LogP contribution in [0.15, 0.2) is 18.2 Å². The minimum atomic E-state index is 0. The maximum absolute atomic E-state index is 12.3. The molecule has 1 atom stereocenters. The lowest BCUT2D eigenvalue weighted by molar-refractivity contribution is -0.117. The van der Waals surface area contributed by atoms with Crippen LogP contribution >= 0.6 is 12.4 Å². The highest BCUT2D eigenvalue weighted by Crippen LogP contribution is 2.32. The predicted octanol–water partition coefficient (Wildman–Crippen LogP) is 1.89. The van der Waals surface area contributed by atoms with Crippen molar-refractivity contribution in [3.05, 3.63) is 18.2 Å². The van der Waals surface area contributed by atoms with Crippen LogP contribution < -0.4 is 20.1 Å². The second-order valence-electron chi connectivity index (χ2n) is 6.12. The molecule has 7 heteroatoms. The molecule has 2 heterocycles. The molecule has 2 aliphatic rings. The average Bonchev–Trinajstić information content (AvgIpc) is 2.79. The van der Waals surface area contributed by atoms with E-state index in [1.165, 1.54) is 6.42 Å². The summed E-state index contributed by atoms with van der Waals surface area (Å²) in [5.74, 6) is 1.46. The smallest absolute Gasteiger partial charge is 0.238 e. The van der Waals surface area contributed by atoms with E-state index in [0.29, 0.717) is 31.5 Å². The standard InChI is InChI=1S/C17H25N3O3.ClH/c1-18-14-4-2-7-20(11-14)12-17(21)19-13-5-6-15-16(10-13)23-9-3-8-22-15;/h5-6,10,14,18H,2-4,7-9,11-12H2,1H3,(H,19,21);1H. The summed E-state index contributed by atoms with van der Waals surface area (Å²) >= 11 is 0. The third-order valence-corrected chi connectivity index (χ3v) is 4.31. The van der Waals surface area contributed by atoms with E-state index in [2.05, 4.69) is 15.5 Å². The van der Waals surface area contributed by atoms with Crippen LogP contribution in [0.3, 0.4) is 0 Å². The number of halogens is 1. The molecule has 134 valence electrons. The molecule has 6 nitrogen and oxygen atoms in total. The van der Waals surface area contributed by atoms with Crippen molar-refractivity contribution in [1.82, 2.24) is 10.2 Å². The molecule has 1 saturated heterocycles. The fourth-order valence-corrected chi connectivity index (χ4v) is 3.08. The number of benzene rings is 1. The summed E-state index contributed by atoms with van der Waals surface area (Å²) in [6.45, 7) is 3.63. The van der Waals surface area contributed by atoms with Gasteiger partial charge in [-0.25, -0.2) is 0 Å². The average molecular weight is 356 g/mol. The molecule has 0 radical (unpaired) electrons. The molecular weight excluding hydrogens is 330 g/mol. The van der Waals surface area contributed by atoms with Crippen molar-refractivity contribution in [1.29, 1.82) is 0 Å². The van der Waals surface area contributed by atoms with Gasteiger partial charge in [0.1, 0.15) is 0 Å². The van der Waals surface area contributed by atoms with E-state index in [1.54, 1.807) is 0 Å². The maximum atomic E-state index is 12.3. The summed E-state index contributed by atoms with van der Waals surface area (Å²) in [4.78, 5) is 14.5. The van der Waals surface area contributed by atoms with Crippen molar-refractivity contribution in [3.63, 3.8) is 0 Å². The quantitative estimate of drug-likeness (QED) is 0.863. The molecule has 1 aromatic rings. The summed E-state index contributed by atoms with van der Waals surface area (Å²) in [6.07, 6.45) is 3.18. The Morgan fingerprint density at radius 1 is 1.25 bits per heavy atom. The van der Waals surface area contributed by atoms with E-state index < -0.39 is 0 Å². The highest BCUT2D eigenvalue weighted by molar-refractivity contribution is 5.92. The van der Waals surface area contributed by atoms with Gasteiger partial charge in [0.15, 0.2) is 11.5 Å². The number of hydrogen-bond acceptors (Lipinski definition) is 5. The van der Waals surface area contributed by atoms with Gasteiger partial charge >= 0.3 is 0 Å². The molecule has 0 bridgehead atoms. The normalized spacial score (nSPS) is 20.6. The lowest BCUT2D eigenvalue weighted by Gasteiger charge is -2.31. The van der Waals surface area contributed by atoms with E-state index in [1.807, 2.05) is 25.2 Å². The van der Waals surface area contributed by atoms with Gasteiger partial charge < -0.3 is 20.1 Å². The molecule has 1 fully saturated rings. The fourth-order valence-electron chi connectivity index (χ4n) is 3.08. The van der Waals surface area contributed by atoms with Gasteiger partial charge in [0, 0.05) is 30.8 Å². The number of carbonyl (C=O) groups excluding carboxylic acids is 1. The number of ether oxygens (including phenoxy) is 2.